The summed E-state index contributed by atoms with van der Waals surface area (Å²) in [6.45, 7) is 10.5. The van der Waals surface area contributed by atoms with E-state index in [9.17, 15) is 4.79 Å². The molecule has 0 aliphatic carbocycles. The normalized spacial score (nSPS) is 17.5. The number of rotatable bonds is 5. The Morgan fingerprint density at radius 2 is 1.43 bits per heavy atom. The van der Waals surface area contributed by atoms with Crippen molar-refractivity contribution in [2.45, 2.75) is 26.2 Å². The fourth-order valence-corrected chi connectivity index (χ4v) is 3.94. The number of anilines is 2. The molecule has 2 aliphatic heterocycles. The maximum Gasteiger partial charge on any atom is 0.227 e. The predicted molar refractivity (Wildman–Crippen MR) is 118 cm³/mol. The smallest absolute Gasteiger partial charge is 0.227 e. The molecule has 2 aromatic rings. The van der Waals surface area contributed by atoms with Crippen molar-refractivity contribution in [2.24, 2.45) is 0 Å². The molecule has 1 aromatic carbocycles. The Hall–Kier alpha value is -2.67. The molecule has 1 aromatic heterocycles. The predicted octanol–water partition coefficient (Wildman–Crippen LogP) is 2.33. The van der Waals surface area contributed by atoms with Crippen molar-refractivity contribution in [1.29, 1.82) is 0 Å². The first-order valence-corrected chi connectivity index (χ1v) is 10.9. The molecule has 7 heteroatoms. The van der Waals surface area contributed by atoms with E-state index in [1.54, 1.807) is 0 Å². The van der Waals surface area contributed by atoms with Crippen LogP contribution >= 0.6 is 0 Å². The molecule has 0 unspecified atom stereocenters. The summed E-state index contributed by atoms with van der Waals surface area (Å²) in [4.78, 5) is 19.1. The molecular formula is C23H31N5O2. The van der Waals surface area contributed by atoms with E-state index in [1.807, 2.05) is 17.0 Å². The van der Waals surface area contributed by atoms with E-state index >= 15 is 0 Å². The van der Waals surface area contributed by atoms with Crippen molar-refractivity contribution in [3.63, 3.8) is 0 Å². The highest BCUT2D eigenvalue weighted by atomic mass is 16.5. The van der Waals surface area contributed by atoms with Crippen LogP contribution in [0.25, 0.3) is 0 Å². The molecule has 0 saturated carbocycles. The van der Waals surface area contributed by atoms with Crippen LogP contribution in [0.15, 0.2) is 36.4 Å². The van der Waals surface area contributed by atoms with Gasteiger partial charge in [-0.15, -0.1) is 10.2 Å². The molecule has 2 saturated heterocycles. The maximum absolute atomic E-state index is 12.7. The maximum atomic E-state index is 12.7. The van der Waals surface area contributed by atoms with Gasteiger partial charge in [0.25, 0.3) is 0 Å². The van der Waals surface area contributed by atoms with Gasteiger partial charge in [0.1, 0.15) is 0 Å². The van der Waals surface area contributed by atoms with E-state index in [-0.39, 0.29) is 5.91 Å². The number of ether oxygens (including phenoxy) is 1. The second-order valence-corrected chi connectivity index (χ2v) is 8.29. The van der Waals surface area contributed by atoms with Crippen LogP contribution in [0.5, 0.6) is 0 Å². The number of hydrogen-bond donors (Lipinski definition) is 0. The minimum absolute atomic E-state index is 0.195. The zero-order chi connectivity index (χ0) is 20.9. The lowest BCUT2D eigenvalue weighted by Crippen LogP contribution is -2.49. The summed E-state index contributed by atoms with van der Waals surface area (Å²) in [6, 6.07) is 12.5. The van der Waals surface area contributed by atoms with E-state index in [4.69, 9.17) is 4.74 Å². The summed E-state index contributed by atoms with van der Waals surface area (Å²) in [5.74, 6) is 2.48. The van der Waals surface area contributed by atoms with Crippen LogP contribution < -0.4 is 9.80 Å². The fraction of sp³-hybridized carbons (Fsp3) is 0.522. The summed E-state index contributed by atoms with van der Waals surface area (Å²) in [7, 11) is 0. The monoisotopic (exact) mass is 409 g/mol. The van der Waals surface area contributed by atoms with Crippen molar-refractivity contribution in [2.75, 3.05) is 62.3 Å². The quantitative estimate of drug-likeness (QED) is 0.755. The number of morpholine rings is 1. The standard InChI is InChI=1S/C23H31N5O2/c1-18(2)20-5-3-19(4-6-20)17-23(29)28-11-9-26(10-12-28)21-7-8-22(25-24-21)27-13-15-30-16-14-27/h3-8,18H,9-17H2,1-2H3. The minimum Gasteiger partial charge on any atom is -0.378 e. The summed E-state index contributed by atoms with van der Waals surface area (Å²) >= 11 is 0. The van der Waals surface area contributed by atoms with Crippen LogP contribution in [0, 0.1) is 0 Å². The molecule has 3 heterocycles. The number of benzene rings is 1. The summed E-state index contributed by atoms with van der Waals surface area (Å²) < 4.78 is 5.39. The second-order valence-electron chi connectivity index (χ2n) is 8.29. The number of amides is 1. The third kappa shape index (κ3) is 4.90. The van der Waals surface area contributed by atoms with Crippen LogP contribution in [-0.4, -0.2) is 73.5 Å². The highest BCUT2D eigenvalue weighted by Crippen LogP contribution is 2.19. The van der Waals surface area contributed by atoms with Crippen LogP contribution in [-0.2, 0) is 16.0 Å². The summed E-state index contributed by atoms with van der Waals surface area (Å²) in [5.41, 5.74) is 2.39. The van der Waals surface area contributed by atoms with Gasteiger partial charge in [-0.05, 0) is 29.2 Å². The summed E-state index contributed by atoms with van der Waals surface area (Å²) in [6.07, 6.45) is 0.465. The van der Waals surface area contributed by atoms with Crippen molar-refractivity contribution >= 4 is 17.5 Å². The van der Waals surface area contributed by atoms with Gasteiger partial charge >= 0.3 is 0 Å². The van der Waals surface area contributed by atoms with Crippen molar-refractivity contribution in [1.82, 2.24) is 15.1 Å². The zero-order valence-corrected chi connectivity index (χ0v) is 18.0. The van der Waals surface area contributed by atoms with Gasteiger partial charge in [-0.1, -0.05) is 38.1 Å². The van der Waals surface area contributed by atoms with Gasteiger partial charge in [0.05, 0.1) is 19.6 Å². The summed E-state index contributed by atoms with van der Waals surface area (Å²) in [5, 5.41) is 8.83. The van der Waals surface area contributed by atoms with Gasteiger partial charge in [-0.2, -0.15) is 0 Å². The highest BCUT2D eigenvalue weighted by Gasteiger charge is 2.22. The Morgan fingerprint density at radius 1 is 0.867 bits per heavy atom. The molecular weight excluding hydrogens is 378 g/mol. The van der Waals surface area contributed by atoms with Gasteiger partial charge in [-0.3, -0.25) is 4.79 Å². The molecule has 0 atom stereocenters. The first-order chi connectivity index (χ1) is 14.6. The Kier molecular flexibility index (Phi) is 6.47. The van der Waals surface area contributed by atoms with E-state index < -0.39 is 0 Å². The van der Waals surface area contributed by atoms with Crippen LogP contribution in [0.3, 0.4) is 0 Å². The zero-order valence-electron chi connectivity index (χ0n) is 18.0. The molecule has 2 fully saturated rings. The number of aromatic nitrogens is 2. The van der Waals surface area contributed by atoms with E-state index in [1.165, 1.54) is 5.56 Å². The van der Waals surface area contributed by atoms with E-state index in [2.05, 4.69) is 58.1 Å². The molecule has 1 amide bonds. The minimum atomic E-state index is 0.195. The Bertz CT molecular complexity index is 824. The van der Waals surface area contributed by atoms with Crippen molar-refractivity contribution in [3.8, 4) is 0 Å². The average Bonchev–Trinajstić information content (AvgIpc) is 2.80. The fourth-order valence-electron chi connectivity index (χ4n) is 3.94. The second kappa shape index (κ2) is 9.43. The lowest BCUT2D eigenvalue weighted by Gasteiger charge is -2.35. The number of hydrogen-bond acceptors (Lipinski definition) is 6. The average molecular weight is 410 g/mol. The van der Waals surface area contributed by atoms with Crippen LogP contribution in [0.4, 0.5) is 11.6 Å². The Balaban J connectivity index is 1.28. The van der Waals surface area contributed by atoms with Gasteiger partial charge < -0.3 is 19.4 Å². The molecule has 0 bridgehead atoms. The number of nitrogens with zero attached hydrogens (tertiary/aromatic N) is 5. The third-order valence-electron chi connectivity index (χ3n) is 5.93. The molecule has 0 spiro atoms. The molecule has 2 aliphatic rings. The van der Waals surface area contributed by atoms with Crippen LogP contribution in [0.2, 0.25) is 0 Å². The molecule has 7 nitrogen and oxygen atoms in total. The number of piperazine rings is 1. The van der Waals surface area contributed by atoms with E-state index in [0.29, 0.717) is 12.3 Å². The third-order valence-corrected chi connectivity index (χ3v) is 5.93. The first kappa shape index (κ1) is 20.6. The highest BCUT2D eigenvalue weighted by molar-refractivity contribution is 5.79. The van der Waals surface area contributed by atoms with Gasteiger partial charge in [0.2, 0.25) is 5.91 Å². The largest absolute Gasteiger partial charge is 0.378 e. The SMILES string of the molecule is CC(C)c1ccc(CC(=O)N2CCN(c3ccc(N4CCOCC4)nn3)CC2)cc1. The topological polar surface area (TPSA) is 61.8 Å². The molecule has 160 valence electrons. The van der Waals surface area contributed by atoms with Gasteiger partial charge in [0.15, 0.2) is 11.6 Å². The van der Waals surface area contributed by atoms with Crippen LogP contribution in [0.1, 0.15) is 30.9 Å². The molecule has 30 heavy (non-hydrogen) atoms. The molecule has 0 N–H and O–H groups in total. The lowest BCUT2D eigenvalue weighted by molar-refractivity contribution is -0.130. The molecule has 4 rings (SSSR count). The number of carbonyl (C=O) groups excluding carboxylic acids is 1. The molecule has 0 radical (unpaired) electrons. The van der Waals surface area contributed by atoms with Gasteiger partial charge in [-0.25, -0.2) is 0 Å². The Labute approximate surface area is 178 Å². The van der Waals surface area contributed by atoms with Crippen molar-refractivity contribution < 1.29 is 9.53 Å². The lowest BCUT2D eigenvalue weighted by atomic mass is 10.0. The van der Waals surface area contributed by atoms with Gasteiger partial charge in [0, 0.05) is 39.3 Å². The van der Waals surface area contributed by atoms with Crippen molar-refractivity contribution in [3.05, 3.63) is 47.5 Å². The first-order valence-electron chi connectivity index (χ1n) is 10.9. The van der Waals surface area contributed by atoms with E-state index in [0.717, 1.165) is 69.7 Å². The number of carbonyl (C=O) groups is 1. The Morgan fingerprint density at radius 3 is 1.97 bits per heavy atom.